The average molecular weight is 312 g/mol. The second-order valence-corrected chi connectivity index (χ2v) is 7.36. The van der Waals surface area contributed by atoms with Crippen molar-refractivity contribution in [3.8, 4) is 5.75 Å². The molecule has 0 atom stereocenters. The molecule has 3 N–H and O–H groups in total. The third kappa shape index (κ3) is 3.87. The van der Waals surface area contributed by atoms with E-state index in [1.54, 1.807) is 18.2 Å². The molecule has 0 bridgehead atoms. The molecular formula is C14H20N2O4S. The van der Waals surface area contributed by atoms with Gasteiger partial charge in [0.25, 0.3) is 5.91 Å². The number of benzene rings is 1. The zero-order valence-electron chi connectivity index (χ0n) is 12.0. The molecule has 0 aliphatic carbocycles. The molecule has 116 valence electrons. The van der Waals surface area contributed by atoms with Gasteiger partial charge in [-0.15, -0.1) is 0 Å². The van der Waals surface area contributed by atoms with Crippen LogP contribution in [0, 0.1) is 0 Å². The Morgan fingerprint density at radius 3 is 2.67 bits per heavy atom. The van der Waals surface area contributed by atoms with E-state index in [0.29, 0.717) is 36.4 Å². The summed E-state index contributed by atoms with van der Waals surface area (Å²) in [6.45, 7) is 2.27. The highest BCUT2D eigenvalue weighted by atomic mass is 32.2. The Bertz CT molecular complexity index is 614. The molecule has 7 heteroatoms. The van der Waals surface area contributed by atoms with Gasteiger partial charge in [-0.25, -0.2) is 8.42 Å². The lowest BCUT2D eigenvalue weighted by Crippen LogP contribution is -2.41. The Morgan fingerprint density at radius 1 is 1.38 bits per heavy atom. The van der Waals surface area contributed by atoms with E-state index in [9.17, 15) is 13.2 Å². The van der Waals surface area contributed by atoms with E-state index in [4.69, 9.17) is 10.5 Å². The van der Waals surface area contributed by atoms with E-state index in [0.717, 1.165) is 0 Å². The minimum Gasteiger partial charge on any atom is -0.493 e. The molecule has 1 heterocycles. The van der Waals surface area contributed by atoms with E-state index >= 15 is 0 Å². The Hall–Kier alpha value is -1.76. The molecule has 1 aromatic rings. The van der Waals surface area contributed by atoms with Crippen LogP contribution < -0.4 is 15.8 Å². The predicted molar refractivity (Wildman–Crippen MR) is 81.2 cm³/mol. The lowest BCUT2D eigenvalue weighted by atomic mass is 10.1. The summed E-state index contributed by atoms with van der Waals surface area (Å²) in [6, 6.07) is 4.92. The number of nitrogens with one attached hydrogen (secondary N) is 1. The largest absolute Gasteiger partial charge is 0.493 e. The van der Waals surface area contributed by atoms with Gasteiger partial charge in [0.1, 0.15) is 21.2 Å². The van der Waals surface area contributed by atoms with Crippen molar-refractivity contribution in [2.75, 3.05) is 23.8 Å². The summed E-state index contributed by atoms with van der Waals surface area (Å²) in [4.78, 5) is 12.4. The van der Waals surface area contributed by atoms with Crippen LogP contribution in [-0.2, 0) is 9.84 Å². The van der Waals surface area contributed by atoms with Gasteiger partial charge in [0.05, 0.1) is 18.1 Å². The normalized spacial score (nSPS) is 18.1. The van der Waals surface area contributed by atoms with Crippen molar-refractivity contribution >= 4 is 21.4 Å². The maximum Gasteiger partial charge on any atom is 0.257 e. The topological polar surface area (TPSA) is 98.5 Å². The van der Waals surface area contributed by atoms with Gasteiger partial charge in [-0.2, -0.15) is 0 Å². The van der Waals surface area contributed by atoms with Gasteiger partial charge in [-0.05, 0) is 31.9 Å². The van der Waals surface area contributed by atoms with E-state index in [1.807, 2.05) is 6.92 Å². The number of carbonyl (C=O) groups excluding carboxylic acids is 1. The first-order chi connectivity index (χ1) is 9.93. The fraction of sp³-hybridized carbons (Fsp3) is 0.500. The van der Waals surface area contributed by atoms with Gasteiger partial charge in [-0.1, -0.05) is 6.07 Å². The van der Waals surface area contributed by atoms with Crippen molar-refractivity contribution in [2.45, 2.75) is 25.8 Å². The third-order valence-corrected chi connectivity index (χ3v) is 5.19. The van der Waals surface area contributed by atoms with Crippen LogP contribution in [0.2, 0.25) is 0 Å². The molecule has 0 aromatic heterocycles. The number of ether oxygens (including phenoxy) is 1. The second-order valence-electron chi connectivity index (χ2n) is 5.05. The summed E-state index contributed by atoms with van der Waals surface area (Å²) in [5, 5.41) is 2.85. The van der Waals surface area contributed by atoms with Crippen molar-refractivity contribution in [1.82, 2.24) is 5.32 Å². The zero-order chi connectivity index (χ0) is 15.5. The number of hydrogen-bond donors (Lipinski definition) is 2. The summed E-state index contributed by atoms with van der Waals surface area (Å²) < 4.78 is 28.2. The predicted octanol–water partition coefficient (Wildman–Crippen LogP) is 0.975. The molecule has 1 saturated heterocycles. The van der Waals surface area contributed by atoms with E-state index in [1.165, 1.54) is 0 Å². The van der Waals surface area contributed by atoms with Crippen molar-refractivity contribution < 1.29 is 17.9 Å². The smallest absolute Gasteiger partial charge is 0.257 e. The SMILES string of the molecule is CCOc1cccc(N)c1C(=O)NC1CCS(=O)(=O)CC1. The Labute approximate surface area is 124 Å². The molecule has 1 fully saturated rings. The fourth-order valence-corrected chi connectivity index (χ4v) is 3.85. The monoisotopic (exact) mass is 312 g/mol. The summed E-state index contributed by atoms with van der Waals surface area (Å²) in [5.74, 6) is 0.348. The highest BCUT2D eigenvalue weighted by Gasteiger charge is 2.26. The number of nitrogen functional groups attached to an aromatic ring is 1. The molecule has 0 unspecified atom stereocenters. The van der Waals surface area contributed by atoms with E-state index in [-0.39, 0.29) is 23.5 Å². The minimum absolute atomic E-state index is 0.112. The van der Waals surface area contributed by atoms with Gasteiger partial charge in [0.2, 0.25) is 0 Å². The molecule has 1 aromatic carbocycles. The zero-order valence-corrected chi connectivity index (χ0v) is 12.8. The lowest BCUT2D eigenvalue weighted by Gasteiger charge is -2.23. The first kappa shape index (κ1) is 15.6. The number of carbonyl (C=O) groups is 1. The van der Waals surface area contributed by atoms with Crippen molar-refractivity contribution in [3.63, 3.8) is 0 Å². The molecular weight excluding hydrogens is 292 g/mol. The summed E-state index contributed by atoms with van der Waals surface area (Å²) in [6.07, 6.45) is 0.871. The molecule has 2 rings (SSSR count). The van der Waals surface area contributed by atoms with Gasteiger partial charge in [-0.3, -0.25) is 4.79 Å². The molecule has 21 heavy (non-hydrogen) atoms. The molecule has 1 amide bonds. The number of anilines is 1. The Morgan fingerprint density at radius 2 is 2.05 bits per heavy atom. The maximum atomic E-state index is 12.4. The molecule has 0 radical (unpaired) electrons. The van der Waals surface area contributed by atoms with Crippen molar-refractivity contribution in [3.05, 3.63) is 23.8 Å². The minimum atomic E-state index is -2.94. The van der Waals surface area contributed by atoms with Crippen LogP contribution in [0.4, 0.5) is 5.69 Å². The van der Waals surface area contributed by atoms with Gasteiger partial charge >= 0.3 is 0 Å². The van der Waals surface area contributed by atoms with Gasteiger partial charge in [0, 0.05) is 11.7 Å². The molecule has 1 aliphatic heterocycles. The fourth-order valence-electron chi connectivity index (χ4n) is 2.36. The number of sulfone groups is 1. The molecule has 1 aliphatic rings. The Balaban J connectivity index is 2.10. The van der Waals surface area contributed by atoms with Gasteiger partial charge in [0.15, 0.2) is 0 Å². The van der Waals surface area contributed by atoms with Crippen LogP contribution in [0.15, 0.2) is 18.2 Å². The molecule has 0 saturated carbocycles. The maximum absolute atomic E-state index is 12.4. The summed E-state index contributed by atoms with van der Waals surface area (Å²) in [5.41, 5.74) is 6.53. The standard InChI is InChI=1S/C14H20N2O4S/c1-2-20-12-5-3-4-11(15)13(12)14(17)16-10-6-8-21(18,19)9-7-10/h3-5,10H,2,6-9,15H2,1H3,(H,16,17). The van der Waals surface area contributed by atoms with Crippen LogP contribution in [0.5, 0.6) is 5.75 Å². The van der Waals surface area contributed by atoms with Gasteiger partial charge < -0.3 is 15.8 Å². The Kier molecular flexibility index (Phi) is 4.72. The summed E-state index contributed by atoms with van der Waals surface area (Å²) in [7, 11) is -2.94. The van der Waals surface area contributed by atoms with Crippen LogP contribution in [0.25, 0.3) is 0 Å². The van der Waals surface area contributed by atoms with E-state index in [2.05, 4.69) is 5.32 Å². The second kappa shape index (κ2) is 6.34. The number of rotatable bonds is 4. The highest BCUT2D eigenvalue weighted by Crippen LogP contribution is 2.25. The average Bonchev–Trinajstić information content (AvgIpc) is 2.41. The highest BCUT2D eigenvalue weighted by molar-refractivity contribution is 7.91. The molecule has 0 spiro atoms. The lowest BCUT2D eigenvalue weighted by molar-refractivity contribution is 0.0931. The summed E-state index contributed by atoms with van der Waals surface area (Å²) >= 11 is 0. The van der Waals surface area contributed by atoms with E-state index < -0.39 is 9.84 Å². The quantitative estimate of drug-likeness (QED) is 0.807. The number of hydrogen-bond acceptors (Lipinski definition) is 5. The first-order valence-corrected chi connectivity index (χ1v) is 8.77. The first-order valence-electron chi connectivity index (χ1n) is 6.95. The van der Waals surface area contributed by atoms with Crippen LogP contribution in [-0.4, -0.2) is 38.5 Å². The third-order valence-electron chi connectivity index (χ3n) is 3.48. The van der Waals surface area contributed by atoms with Crippen LogP contribution in [0.1, 0.15) is 30.1 Å². The number of amides is 1. The van der Waals surface area contributed by atoms with Crippen LogP contribution >= 0.6 is 0 Å². The van der Waals surface area contributed by atoms with Crippen molar-refractivity contribution in [2.24, 2.45) is 0 Å². The van der Waals surface area contributed by atoms with Crippen LogP contribution in [0.3, 0.4) is 0 Å². The molecule has 6 nitrogen and oxygen atoms in total. The van der Waals surface area contributed by atoms with Crippen molar-refractivity contribution in [1.29, 1.82) is 0 Å². The number of nitrogens with two attached hydrogens (primary N) is 1.